The molecule has 4 amide bonds. The highest BCUT2D eigenvalue weighted by atomic mass is 32.2. The summed E-state index contributed by atoms with van der Waals surface area (Å²) in [6.07, 6.45) is 6.07. The lowest BCUT2D eigenvalue weighted by atomic mass is 9.86. The van der Waals surface area contributed by atoms with E-state index in [0.717, 1.165) is 60.8 Å². The van der Waals surface area contributed by atoms with Crippen LogP contribution in [-0.2, 0) is 48.0 Å². The third-order valence-corrected chi connectivity index (χ3v) is 14.2. The maximum Gasteiger partial charge on any atom is 0.315 e. The first-order valence-electron chi connectivity index (χ1n) is 21.6. The van der Waals surface area contributed by atoms with Gasteiger partial charge in [-0.3, -0.25) is 24.0 Å². The molecule has 0 bridgehead atoms. The van der Waals surface area contributed by atoms with E-state index in [2.05, 4.69) is 34.1 Å². The number of likely N-dealkylation sites (tertiary alicyclic amines) is 1. The van der Waals surface area contributed by atoms with Gasteiger partial charge in [0, 0.05) is 23.6 Å². The van der Waals surface area contributed by atoms with Crippen LogP contribution in [0.5, 0.6) is 0 Å². The van der Waals surface area contributed by atoms with Crippen molar-refractivity contribution >= 4 is 41.4 Å². The summed E-state index contributed by atoms with van der Waals surface area (Å²) in [6, 6.07) is 20.4. The number of benzene rings is 3. The van der Waals surface area contributed by atoms with E-state index in [-0.39, 0.29) is 47.9 Å². The van der Waals surface area contributed by atoms with Crippen LogP contribution in [0, 0.1) is 5.41 Å². The van der Waals surface area contributed by atoms with Crippen molar-refractivity contribution in [2.75, 3.05) is 19.4 Å². The average molecular weight is 853 g/mol. The Morgan fingerprint density at radius 2 is 1.36 bits per heavy atom. The van der Waals surface area contributed by atoms with Gasteiger partial charge in [-0.1, -0.05) is 93.6 Å². The van der Waals surface area contributed by atoms with Gasteiger partial charge in [0.2, 0.25) is 23.6 Å². The summed E-state index contributed by atoms with van der Waals surface area (Å²) >= 11 is 1.22. The minimum atomic E-state index is -1.03. The minimum absolute atomic E-state index is 0.0264. The Hall–Kier alpha value is -4.72. The molecule has 3 aliphatic rings. The Labute approximate surface area is 365 Å². The molecule has 1 aliphatic heterocycles. The molecule has 0 aromatic heterocycles. The highest BCUT2D eigenvalue weighted by Gasteiger charge is 2.44. The quantitative estimate of drug-likeness (QED) is 0.137. The van der Waals surface area contributed by atoms with Gasteiger partial charge in [0.05, 0.1) is 37.0 Å². The Balaban J connectivity index is 1.20. The second-order valence-corrected chi connectivity index (χ2v) is 20.2. The molecular formula is C48H64N6O6S. The zero-order chi connectivity index (χ0) is 44.1. The van der Waals surface area contributed by atoms with Crippen molar-refractivity contribution in [1.82, 2.24) is 20.9 Å². The number of carbonyl (C=O) groups excluding carboxylic acids is 5. The Morgan fingerprint density at radius 1 is 0.787 bits per heavy atom. The molecule has 1 saturated heterocycles. The van der Waals surface area contributed by atoms with Gasteiger partial charge in [-0.2, -0.15) is 0 Å². The van der Waals surface area contributed by atoms with Crippen LogP contribution in [0.4, 0.5) is 0 Å². The number of ether oxygens (including phenoxy) is 1. The molecule has 7 atom stereocenters. The maximum absolute atomic E-state index is 14.2. The molecule has 6 rings (SSSR count). The molecular weight excluding hydrogens is 789 g/mol. The Bertz CT molecular complexity index is 2070. The van der Waals surface area contributed by atoms with Gasteiger partial charge in [-0.05, 0) is 97.6 Å². The summed E-state index contributed by atoms with van der Waals surface area (Å²) in [7, 11) is 1.31. The molecule has 0 saturated carbocycles. The lowest BCUT2D eigenvalue weighted by Gasteiger charge is -2.34. The molecule has 12 nitrogen and oxygen atoms in total. The predicted octanol–water partition coefficient (Wildman–Crippen LogP) is 5.17. The van der Waals surface area contributed by atoms with E-state index >= 15 is 0 Å². The third kappa shape index (κ3) is 11.0. The van der Waals surface area contributed by atoms with Gasteiger partial charge < -0.3 is 37.1 Å². The number of amides is 4. The van der Waals surface area contributed by atoms with Crippen LogP contribution in [-0.4, -0.2) is 82.8 Å². The number of nitrogens with one attached hydrogen (secondary N) is 3. The Kier molecular flexibility index (Phi) is 14.7. The number of carbonyl (C=O) groups is 5. The van der Waals surface area contributed by atoms with Crippen LogP contribution in [0.1, 0.15) is 118 Å². The van der Waals surface area contributed by atoms with Crippen LogP contribution in [0.15, 0.2) is 72.8 Å². The highest BCUT2D eigenvalue weighted by Crippen LogP contribution is 2.36. The molecule has 1 unspecified atom stereocenters. The van der Waals surface area contributed by atoms with E-state index in [1.54, 1.807) is 18.7 Å². The number of methoxy groups -OCH3 is 1. The molecule has 0 radical (unpaired) electrons. The van der Waals surface area contributed by atoms with E-state index in [1.807, 2.05) is 75.4 Å². The normalized spacial score (nSPS) is 21.5. The first kappa shape index (κ1) is 45.8. The molecule has 2 aliphatic carbocycles. The van der Waals surface area contributed by atoms with Crippen LogP contribution in [0.25, 0.3) is 0 Å². The van der Waals surface area contributed by atoms with E-state index in [9.17, 15) is 24.0 Å². The van der Waals surface area contributed by atoms with E-state index in [0.29, 0.717) is 13.0 Å². The first-order chi connectivity index (χ1) is 29.0. The lowest BCUT2D eigenvalue weighted by molar-refractivity contribution is -0.141. The molecule has 13 heteroatoms. The van der Waals surface area contributed by atoms with Crippen molar-refractivity contribution in [2.45, 2.75) is 133 Å². The summed E-state index contributed by atoms with van der Waals surface area (Å²) < 4.78 is 3.94. The third-order valence-electron chi connectivity index (χ3n) is 12.8. The van der Waals surface area contributed by atoms with Gasteiger partial charge in [0.15, 0.2) is 0 Å². The number of nitrogens with two attached hydrogens (primary N) is 2. The average Bonchev–Trinajstić information content (AvgIpc) is 3.70. The fourth-order valence-electron chi connectivity index (χ4n) is 8.81. The second-order valence-electron chi connectivity index (χ2n) is 18.5. The minimum Gasteiger partial charge on any atom is -0.468 e. The highest BCUT2D eigenvalue weighted by molar-refractivity contribution is 8.01. The van der Waals surface area contributed by atoms with Gasteiger partial charge in [0.25, 0.3) is 0 Å². The SMILES string of the molecule is COC(=O)CSC(C)(C)C(N)C(=O)N[C@@H](Cc1ccc([C@H]2C[C@@H](C(=O)N[C@@H]3CCCc4ccccc43)N(C(=O)[C@@H](N)C(C)(C)C)C2)cc1)C(=O)N[C@@H]1CCCc2ccccc21. The molecule has 328 valence electrons. The smallest absolute Gasteiger partial charge is 0.315 e. The zero-order valence-electron chi connectivity index (χ0n) is 36.5. The zero-order valence-corrected chi connectivity index (χ0v) is 37.3. The molecule has 7 N–H and O–H groups in total. The number of nitrogens with zero attached hydrogens (tertiary/aromatic N) is 1. The van der Waals surface area contributed by atoms with Crippen LogP contribution >= 0.6 is 11.8 Å². The number of fused-ring (bicyclic) bond motifs is 2. The number of hydrogen-bond donors (Lipinski definition) is 5. The monoisotopic (exact) mass is 852 g/mol. The predicted molar refractivity (Wildman–Crippen MR) is 239 cm³/mol. The fourth-order valence-corrected chi connectivity index (χ4v) is 9.70. The summed E-state index contributed by atoms with van der Waals surface area (Å²) in [6.45, 7) is 9.70. The second kappa shape index (κ2) is 19.5. The van der Waals surface area contributed by atoms with E-state index in [1.165, 1.54) is 30.0 Å². The molecule has 3 aromatic carbocycles. The van der Waals surface area contributed by atoms with E-state index in [4.69, 9.17) is 16.2 Å². The molecule has 1 fully saturated rings. The number of esters is 1. The number of thioether (sulfide) groups is 1. The Morgan fingerprint density at radius 3 is 1.93 bits per heavy atom. The van der Waals surface area contributed by atoms with Gasteiger partial charge in [0.1, 0.15) is 12.1 Å². The van der Waals surface area contributed by atoms with Crippen molar-refractivity contribution in [1.29, 1.82) is 0 Å². The lowest BCUT2D eigenvalue weighted by Crippen LogP contribution is -2.57. The maximum atomic E-state index is 14.2. The number of rotatable bonds is 14. The van der Waals surface area contributed by atoms with Crippen LogP contribution < -0.4 is 27.4 Å². The standard InChI is InChI=1S/C48H64N6O6S/c1-47(2,3)42(50)46(59)54-27-33(26-39(54)44(57)52-37-20-12-16-32-14-8-10-18-35(32)37)30-23-21-29(22-24-30)25-38(53-45(58)41(49)48(4,5)61-28-40(55)60-6)43(56)51-36-19-11-15-31-13-7-9-17-34(31)36/h7-10,13-14,17-18,21-24,33,36-39,41-42H,11-12,15-16,19-20,25-28,49-50H2,1-6H3,(H,51,56)(H,52,57)(H,53,58)/t33-,36+,37+,38-,39-,41?,42+/m0/s1. The van der Waals surface area contributed by atoms with Crippen molar-refractivity contribution < 1.29 is 28.7 Å². The fraction of sp³-hybridized carbons (Fsp3) is 0.521. The number of hydrogen-bond acceptors (Lipinski definition) is 9. The summed E-state index contributed by atoms with van der Waals surface area (Å²) in [5.41, 5.74) is 19.0. The van der Waals surface area contributed by atoms with E-state index < -0.39 is 46.2 Å². The molecule has 1 heterocycles. The van der Waals surface area contributed by atoms with Crippen molar-refractivity contribution in [3.63, 3.8) is 0 Å². The van der Waals surface area contributed by atoms with Gasteiger partial charge in [-0.15, -0.1) is 11.8 Å². The van der Waals surface area contributed by atoms with Crippen LogP contribution in [0.2, 0.25) is 0 Å². The van der Waals surface area contributed by atoms with Crippen molar-refractivity contribution in [3.05, 3.63) is 106 Å². The molecule has 61 heavy (non-hydrogen) atoms. The topological polar surface area (TPSA) is 186 Å². The summed E-state index contributed by atoms with van der Waals surface area (Å²) in [4.78, 5) is 69.7. The van der Waals surface area contributed by atoms with Crippen molar-refractivity contribution in [2.24, 2.45) is 16.9 Å². The van der Waals surface area contributed by atoms with Crippen molar-refractivity contribution in [3.8, 4) is 0 Å². The summed E-state index contributed by atoms with van der Waals surface area (Å²) in [5.74, 6) is -1.77. The van der Waals surface area contributed by atoms with Gasteiger partial charge >= 0.3 is 5.97 Å². The summed E-state index contributed by atoms with van der Waals surface area (Å²) in [5, 5.41) is 9.47. The molecule has 0 spiro atoms. The van der Waals surface area contributed by atoms with Gasteiger partial charge in [-0.25, -0.2) is 0 Å². The largest absolute Gasteiger partial charge is 0.468 e. The van der Waals surface area contributed by atoms with Crippen LogP contribution in [0.3, 0.4) is 0 Å². The molecule has 3 aromatic rings. The first-order valence-corrected chi connectivity index (χ1v) is 22.6. The number of aryl methyl sites for hydroxylation is 2.